The van der Waals surface area contributed by atoms with Crippen LogP contribution in [-0.4, -0.2) is 15.6 Å². The summed E-state index contributed by atoms with van der Waals surface area (Å²) in [5, 5.41) is 4.32. The van der Waals surface area contributed by atoms with Gasteiger partial charge in [0.15, 0.2) is 5.78 Å². The molecule has 0 aliphatic heterocycles. The molecule has 1 aromatic heterocycles. The topological polar surface area (TPSA) is 34.9 Å². The largest absolute Gasteiger partial charge is 0.288 e. The van der Waals surface area contributed by atoms with Crippen LogP contribution in [0, 0.1) is 13.8 Å². The van der Waals surface area contributed by atoms with E-state index in [9.17, 15) is 4.79 Å². The van der Waals surface area contributed by atoms with Crippen LogP contribution < -0.4 is 0 Å². The zero-order chi connectivity index (χ0) is 13.3. The molecule has 0 amide bonds. The first kappa shape index (κ1) is 12.6. The Kier molecular flexibility index (Phi) is 3.32. The van der Waals surface area contributed by atoms with Gasteiger partial charge in [-0.2, -0.15) is 5.10 Å². The summed E-state index contributed by atoms with van der Waals surface area (Å²) in [5.74, 6) is 0.0671. The van der Waals surface area contributed by atoms with Crippen molar-refractivity contribution in [2.24, 2.45) is 7.05 Å². The number of rotatable bonds is 3. The highest BCUT2D eigenvalue weighted by atomic mass is 16.1. The predicted octanol–water partition coefficient (Wildman–Crippen LogP) is 2.83. The Morgan fingerprint density at radius 3 is 2.61 bits per heavy atom. The molecule has 0 aliphatic rings. The fraction of sp³-hybridized carbons (Fsp3) is 0.333. The summed E-state index contributed by atoms with van der Waals surface area (Å²) in [7, 11) is 1.85. The molecule has 94 valence electrons. The summed E-state index contributed by atoms with van der Waals surface area (Å²) in [6, 6.07) is 5.91. The van der Waals surface area contributed by atoms with Gasteiger partial charge < -0.3 is 0 Å². The standard InChI is InChI=1S/C15H18N2O/c1-5-14-13(9-17(4)16-14)15(18)12-7-6-10(2)8-11(12)3/h6-9H,5H2,1-4H3. The van der Waals surface area contributed by atoms with Gasteiger partial charge >= 0.3 is 0 Å². The molecule has 3 heteroatoms. The van der Waals surface area contributed by atoms with Crippen LogP contribution in [0.3, 0.4) is 0 Å². The van der Waals surface area contributed by atoms with Crippen LogP contribution in [0.4, 0.5) is 0 Å². The number of aromatic nitrogens is 2. The molecule has 1 aromatic carbocycles. The molecule has 3 nitrogen and oxygen atoms in total. The first-order chi connectivity index (χ1) is 8.52. The van der Waals surface area contributed by atoms with Gasteiger partial charge in [0.1, 0.15) is 0 Å². The number of ketones is 1. The minimum atomic E-state index is 0.0671. The maximum Gasteiger partial charge on any atom is 0.196 e. The normalized spacial score (nSPS) is 10.7. The summed E-state index contributed by atoms with van der Waals surface area (Å²) in [4.78, 5) is 12.5. The van der Waals surface area contributed by atoms with E-state index in [1.807, 2.05) is 46.0 Å². The third-order valence-electron chi connectivity index (χ3n) is 3.11. The van der Waals surface area contributed by atoms with E-state index in [2.05, 4.69) is 5.10 Å². The Bertz CT molecular complexity index is 597. The molecule has 2 aromatic rings. The van der Waals surface area contributed by atoms with Gasteiger partial charge in [-0.25, -0.2) is 0 Å². The third kappa shape index (κ3) is 2.21. The second-order valence-corrected chi connectivity index (χ2v) is 4.66. The zero-order valence-electron chi connectivity index (χ0n) is 11.3. The van der Waals surface area contributed by atoms with E-state index in [-0.39, 0.29) is 5.78 Å². The summed E-state index contributed by atoms with van der Waals surface area (Å²) in [6.07, 6.45) is 2.58. The first-order valence-electron chi connectivity index (χ1n) is 6.17. The highest BCUT2D eigenvalue weighted by Gasteiger charge is 2.17. The minimum absolute atomic E-state index is 0.0671. The Labute approximate surface area is 107 Å². The van der Waals surface area contributed by atoms with Gasteiger partial charge in [-0.1, -0.05) is 30.7 Å². The number of carbonyl (C=O) groups is 1. The van der Waals surface area contributed by atoms with Crippen molar-refractivity contribution < 1.29 is 4.79 Å². The predicted molar refractivity (Wildman–Crippen MR) is 71.9 cm³/mol. The Morgan fingerprint density at radius 1 is 1.28 bits per heavy atom. The average Bonchev–Trinajstić information content (AvgIpc) is 2.69. The van der Waals surface area contributed by atoms with Crippen molar-refractivity contribution in [2.75, 3.05) is 0 Å². The smallest absolute Gasteiger partial charge is 0.196 e. The molecule has 0 saturated heterocycles. The van der Waals surface area contributed by atoms with Crippen molar-refractivity contribution in [2.45, 2.75) is 27.2 Å². The third-order valence-corrected chi connectivity index (χ3v) is 3.11. The van der Waals surface area contributed by atoms with Crippen molar-refractivity contribution in [1.82, 2.24) is 9.78 Å². The molecule has 0 atom stereocenters. The van der Waals surface area contributed by atoms with Crippen LogP contribution in [-0.2, 0) is 13.5 Å². The van der Waals surface area contributed by atoms with E-state index in [1.54, 1.807) is 10.9 Å². The van der Waals surface area contributed by atoms with Gasteiger partial charge in [0.25, 0.3) is 0 Å². The lowest BCUT2D eigenvalue weighted by atomic mass is 9.97. The molecule has 18 heavy (non-hydrogen) atoms. The van der Waals surface area contributed by atoms with Gasteiger partial charge in [0, 0.05) is 18.8 Å². The monoisotopic (exact) mass is 242 g/mol. The van der Waals surface area contributed by atoms with Gasteiger partial charge in [0.2, 0.25) is 0 Å². The Hall–Kier alpha value is -1.90. The Morgan fingerprint density at radius 2 is 2.00 bits per heavy atom. The second kappa shape index (κ2) is 4.77. The maximum absolute atomic E-state index is 12.5. The number of hydrogen-bond donors (Lipinski definition) is 0. The van der Waals surface area contributed by atoms with Gasteiger partial charge in [-0.05, 0) is 25.8 Å². The molecule has 2 rings (SSSR count). The quantitative estimate of drug-likeness (QED) is 0.776. The van der Waals surface area contributed by atoms with E-state index >= 15 is 0 Å². The lowest BCUT2D eigenvalue weighted by Crippen LogP contribution is -2.05. The van der Waals surface area contributed by atoms with Crippen molar-refractivity contribution in [3.8, 4) is 0 Å². The van der Waals surface area contributed by atoms with Gasteiger partial charge in [0.05, 0.1) is 11.3 Å². The van der Waals surface area contributed by atoms with Gasteiger partial charge in [-0.15, -0.1) is 0 Å². The molecule has 0 radical (unpaired) electrons. The summed E-state index contributed by atoms with van der Waals surface area (Å²) in [5.41, 5.74) is 4.54. The lowest BCUT2D eigenvalue weighted by Gasteiger charge is -2.05. The Balaban J connectivity index is 2.47. The van der Waals surface area contributed by atoms with E-state index in [4.69, 9.17) is 0 Å². The maximum atomic E-state index is 12.5. The van der Waals surface area contributed by atoms with Crippen LogP contribution >= 0.6 is 0 Å². The molecule has 0 fully saturated rings. The first-order valence-corrected chi connectivity index (χ1v) is 6.17. The van der Waals surface area contributed by atoms with Crippen molar-refractivity contribution in [3.05, 3.63) is 52.3 Å². The molecule has 0 unspecified atom stereocenters. The highest BCUT2D eigenvalue weighted by Crippen LogP contribution is 2.18. The van der Waals surface area contributed by atoms with E-state index in [0.717, 1.165) is 23.2 Å². The molecule has 0 bridgehead atoms. The number of carbonyl (C=O) groups excluding carboxylic acids is 1. The van der Waals surface area contributed by atoms with E-state index < -0.39 is 0 Å². The van der Waals surface area contributed by atoms with Crippen molar-refractivity contribution in [3.63, 3.8) is 0 Å². The molecular weight excluding hydrogens is 224 g/mol. The molecule has 0 saturated carbocycles. The van der Waals surface area contributed by atoms with Gasteiger partial charge in [-0.3, -0.25) is 9.48 Å². The highest BCUT2D eigenvalue weighted by molar-refractivity contribution is 6.10. The number of nitrogens with zero attached hydrogens (tertiary/aromatic N) is 2. The second-order valence-electron chi connectivity index (χ2n) is 4.66. The van der Waals surface area contributed by atoms with Crippen molar-refractivity contribution in [1.29, 1.82) is 0 Å². The average molecular weight is 242 g/mol. The van der Waals surface area contributed by atoms with Crippen LogP contribution in [0.5, 0.6) is 0 Å². The minimum Gasteiger partial charge on any atom is -0.288 e. The fourth-order valence-corrected chi connectivity index (χ4v) is 2.20. The zero-order valence-corrected chi connectivity index (χ0v) is 11.3. The molecular formula is C15H18N2O. The van der Waals surface area contributed by atoms with Crippen molar-refractivity contribution >= 4 is 5.78 Å². The van der Waals surface area contributed by atoms with E-state index in [0.29, 0.717) is 5.56 Å². The van der Waals surface area contributed by atoms with E-state index in [1.165, 1.54) is 5.56 Å². The number of aryl methyl sites for hydroxylation is 4. The van der Waals surface area contributed by atoms with Crippen LogP contribution in [0.15, 0.2) is 24.4 Å². The fourth-order valence-electron chi connectivity index (χ4n) is 2.20. The molecule has 0 spiro atoms. The SMILES string of the molecule is CCc1nn(C)cc1C(=O)c1ccc(C)cc1C. The molecule has 1 heterocycles. The molecule has 0 N–H and O–H groups in total. The number of benzene rings is 1. The lowest BCUT2D eigenvalue weighted by molar-refractivity contribution is 0.103. The van der Waals surface area contributed by atoms with Crippen LogP contribution in [0.2, 0.25) is 0 Å². The van der Waals surface area contributed by atoms with Crippen LogP contribution in [0.1, 0.15) is 39.7 Å². The summed E-state index contributed by atoms with van der Waals surface area (Å²) in [6.45, 7) is 6.02. The molecule has 0 aliphatic carbocycles. The summed E-state index contributed by atoms with van der Waals surface area (Å²) < 4.78 is 1.70. The van der Waals surface area contributed by atoms with Crippen LogP contribution in [0.25, 0.3) is 0 Å². The summed E-state index contributed by atoms with van der Waals surface area (Å²) >= 11 is 0. The number of hydrogen-bond acceptors (Lipinski definition) is 2.